The zero-order valence-electron chi connectivity index (χ0n) is 10.3. The molecule has 0 aliphatic carbocycles. The number of esters is 1. The Kier molecular flexibility index (Phi) is 3.66. The zero-order chi connectivity index (χ0) is 13.1. The van der Waals surface area contributed by atoms with Crippen molar-refractivity contribution in [1.29, 1.82) is 0 Å². The van der Waals surface area contributed by atoms with Crippen LogP contribution < -0.4 is 10.6 Å². The van der Waals surface area contributed by atoms with Gasteiger partial charge >= 0.3 is 5.97 Å². The fraction of sp³-hybridized carbons (Fsp3) is 0.500. The van der Waals surface area contributed by atoms with Crippen LogP contribution in [0.4, 0.5) is 11.5 Å². The molecule has 6 heteroatoms. The summed E-state index contributed by atoms with van der Waals surface area (Å²) in [6.07, 6.45) is 3.37. The Bertz CT molecular complexity index is 450. The highest BCUT2D eigenvalue weighted by atomic mass is 16.5. The predicted octanol–water partition coefficient (Wildman–Crippen LogP) is 0.411. The Hall–Kier alpha value is -1.82. The number of nitrogen functional groups attached to an aromatic ring is 1. The van der Waals surface area contributed by atoms with Gasteiger partial charge in [0.25, 0.3) is 0 Å². The van der Waals surface area contributed by atoms with Crippen molar-refractivity contribution in [2.45, 2.75) is 18.9 Å². The molecule has 2 heterocycles. The molecular formula is C12H17N3O3. The van der Waals surface area contributed by atoms with Crippen LogP contribution in [-0.2, 0) is 4.74 Å². The third kappa shape index (κ3) is 2.24. The van der Waals surface area contributed by atoms with Gasteiger partial charge < -0.3 is 20.5 Å². The molecule has 1 aromatic rings. The number of pyridine rings is 1. The lowest BCUT2D eigenvalue weighted by atomic mass is 10.2. The van der Waals surface area contributed by atoms with Gasteiger partial charge in [0.05, 0.1) is 31.6 Å². The van der Waals surface area contributed by atoms with Crippen LogP contribution in [0, 0.1) is 0 Å². The Morgan fingerprint density at radius 2 is 2.50 bits per heavy atom. The maximum atomic E-state index is 11.7. The van der Waals surface area contributed by atoms with E-state index >= 15 is 0 Å². The van der Waals surface area contributed by atoms with Crippen LogP contribution in [0.5, 0.6) is 0 Å². The van der Waals surface area contributed by atoms with Crippen LogP contribution >= 0.6 is 0 Å². The molecule has 1 aliphatic heterocycles. The zero-order valence-corrected chi connectivity index (χ0v) is 10.3. The monoisotopic (exact) mass is 251 g/mol. The third-order valence-electron chi connectivity index (χ3n) is 3.15. The second-order valence-electron chi connectivity index (χ2n) is 4.30. The van der Waals surface area contributed by atoms with E-state index < -0.39 is 5.97 Å². The van der Waals surface area contributed by atoms with Gasteiger partial charge in [-0.25, -0.2) is 9.78 Å². The van der Waals surface area contributed by atoms with Crippen molar-refractivity contribution in [3.8, 4) is 0 Å². The van der Waals surface area contributed by atoms with Gasteiger partial charge in [0, 0.05) is 6.54 Å². The van der Waals surface area contributed by atoms with Gasteiger partial charge in [-0.2, -0.15) is 0 Å². The number of hydrogen-bond donors (Lipinski definition) is 2. The average molecular weight is 251 g/mol. The molecule has 1 aromatic heterocycles. The minimum atomic E-state index is -0.464. The lowest BCUT2D eigenvalue weighted by Gasteiger charge is -2.25. The normalized spacial score (nSPS) is 19.0. The minimum absolute atomic E-state index is 0.00420. The summed E-state index contributed by atoms with van der Waals surface area (Å²) in [6, 6.07) is 1.56. The van der Waals surface area contributed by atoms with Gasteiger partial charge in [-0.3, -0.25) is 0 Å². The van der Waals surface area contributed by atoms with E-state index in [0.29, 0.717) is 17.1 Å². The van der Waals surface area contributed by atoms with E-state index in [0.717, 1.165) is 19.4 Å². The van der Waals surface area contributed by atoms with Crippen LogP contribution in [-0.4, -0.2) is 42.4 Å². The van der Waals surface area contributed by atoms with Crippen LogP contribution in [0.3, 0.4) is 0 Å². The molecule has 98 valence electrons. The number of rotatable bonds is 3. The first-order chi connectivity index (χ1) is 8.67. The molecular weight excluding hydrogens is 234 g/mol. The standard InChI is InChI=1S/C12H17N3O3/c1-18-12(17)10-5-8(13)6-14-11(10)15-4-2-3-9(15)7-16/h5-6,9,16H,2-4,7,13H2,1H3. The summed E-state index contributed by atoms with van der Waals surface area (Å²) in [4.78, 5) is 17.9. The number of carbonyl (C=O) groups excluding carboxylic acids is 1. The molecule has 6 nitrogen and oxygen atoms in total. The highest BCUT2D eigenvalue weighted by Crippen LogP contribution is 2.28. The summed E-state index contributed by atoms with van der Waals surface area (Å²) < 4.78 is 4.74. The molecule has 3 N–H and O–H groups in total. The Morgan fingerprint density at radius 3 is 3.17 bits per heavy atom. The highest BCUT2D eigenvalue weighted by molar-refractivity contribution is 5.95. The van der Waals surface area contributed by atoms with Crippen molar-refractivity contribution < 1.29 is 14.6 Å². The molecule has 0 amide bonds. The van der Waals surface area contributed by atoms with Crippen LogP contribution in [0.1, 0.15) is 23.2 Å². The highest BCUT2D eigenvalue weighted by Gasteiger charge is 2.28. The van der Waals surface area contributed by atoms with Crippen LogP contribution in [0.2, 0.25) is 0 Å². The van der Waals surface area contributed by atoms with Crippen molar-refractivity contribution in [1.82, 2.24) is 4.98 Å². The molecule has 1 saturated heterocycles. The maximum absolute atomic E-state index is 11.7. The number of anilines is 2. The van der Waals surface area contributed by atoms with E-state index in [9.17, 15) is 9.90 Å². The number of nitrogens with zero attached hydrogens (tertiary/aromatic N) is 2. The predicted molar refractivity (Wildman–Crippen MR) is 67.4 cm³/mol. The van der Waals surface area contributed by atoms with Gasteiger partial charge in [0.2, 0.25) is 0 Å². The van der Waals surface area contributed by atoms with Crippen molar-refractivity contribution in [2.75, 3.05) is 30.9 Å². The first-order valence-corrected chi connectivity index (χ1v) is 5.88. The van der Waals surface area contributed by atoms with E-state index in [1.807, 2.05) is 4.90 Å². The fourth-order valence-electron chi connectivity index (χ4n) is 2.27. The molecule has 1 aliphatic rings. The first kappa shape index (κ1) is 12.6. The largest absolute Gasteiger partial charge is 0.465 e. The van der Waals surface area contributed by atoms with E-state index in [1.165, 1.54) is 13.3 Å². The number of carbonyl (C=O) groups is 1. The van der Waals surface area contributed by atoms with Gasteiger partial charge in [-0.05, 0) is 18.9 Å². The molecule has 0 radical (unpaired) electrons. The lowest BCUT2D eigenvalue weighted by Crippen LogP contribution is -2.34. The minimum Gasteiger partial charge on any atom is -0.465 e. The quantitative estimate of drug-likeness (QED) is 0.756. The number of ether oxygens (including phenoxy) is 1. The third-order valence-corrected chi connectivity index (χ3v) is 3.15. The Morgan fingerprint density at radius 1 is 1.72 bits per heavy atom. The molecule has 0 saturated carbocycles. The SMILES string of the molecule is COC(=O)c1cc(N)cnc1N1CCCC1CO. The van der Waals surface area contributed by atoms with E-state index in [2.05, 4.69) is 4.98 Å². The summed E-state index contributed by atoms with van der Waals surface area (Å²) in [5.41, 5.74) is 6.41. The van der Waals surface area contributed by atoms with E-state index in [-0.39, 0.29) is 12.6 Å². The molecule has 1 atom stereocenters. The smallest absolute Gasteiger partial charge is 0.341 e. The first-order valence-electron chi connectivity index (χ1n) is 5.88. The van der Waals surface area contributed by atoms with E-state index in [1.54, 1.807) is 6.07 Å². The molecule has 18 heavy (non-hydrogen) atoms. The van der Waals surface area contributed by atoms with Crippen molar-refractivity contribution >= 4 is 17.5 Å². The second-order valence-corrected chi connectivity index (χ2v) is 4.30. The molecule has 1 fully saturated rings. The van der Waals surface area contributed by atoms with Gasteiger partial charge in [-0.15, -0.1) is 0 Å². The number of nitrogens with two attached hydrogens (primary N) is 1. The molecule has 0 bridgehead atoms. The second kappa shape index (κ2) is 5.22. The van der Waals surface area contributed by atoms with Crippen molar-refractivity contribution in [3.05, 3.63) is 17.8 Å². The summed E-state index contributed by atoms with van der Waals surface area (Å²) >= 11 is 0. The van der Waals surface area contributed by atoms with Crippen LogP contribution in [0.25, 0.3) is 0 Å². The van der Waals surface area contributed by atoms with Crippen molar-refractivity contribution in [2.24, 2.45) is 0 Å². The van der Waals surface area contributed by atoms with Gasteiger partial charge in [0.1, 0.15) is 11.4 Å². The number of aromatic nitrogens is 1. The molecule has 1 unspecified atom stereocenters. The average Bonchev–Trinajstić information content (AvgIpc) is 2.85. The van der Waals surface area contributed by atoms with E-state index in [4.69, 9.17) is 10.5 Å². The molecule has 2 rings (SSSR count). The number of aliphatic hydroxyl groups is 1. The summed E-state index contributed by atoms with van der Waals surface area (Å²) in [5, 5.41) is 9.33. The van der Waals surface area contributed by atoms with Crippen molar-refractivity contribution in [3.63, 3.8) is 0 Å². The summed E-state index contributed by atoms with van der Waals surface area (Å²) in [7, 11) is 1.32. The molecule has 0 spiro atoms. The molecule has 0 aromatic carbocycles. The van der Waals surface area contributed by atoms with Gasteiger partial charge in [0.15, 0.2) is 0 Å². The fourth-order valence-corrected chi connectivity index (χ4v) is 2.27. The maximum Gasteiger partial charge on any atom is 0.341 e. The lowest BCUT2D eigenvalue weighted by molar-refractivity contribution is 0.0601. The summed E-state index contributed by atoms with van der Waals surface area (Å²) in [5.74, 6) is 0.0704. The van der Waals surface area contributed by atoms with Gasteiger partial charge in [-0.1, -0.05) is 0 Å². The van der Waals surface area contributed by atoms with Crippen LogP contribution in [0.15, 0.2) is 12.3 Å². The topological polar surface area (TPSA) is 88.7 Å². The Labute approximate surface area is 105 Å². The summed E-state index contributed by atoms with van der Waals surface area (Å²) in [6.45, 7) is 0.818. The number of aliphatic hydroxyl groups excluding tert-OH is 1. The number of methoxy groups -OCH3 is 1. The number of hydrogen-bond acceptors (Lipinski definition) is 6. The Balaban J connectivity index is 2.40.